The highest BCUT2D eigenvalue weighted by atomic mass is 16.2. The van der Waals surface area contributed by atoms with E-state index in [-0.39, 0.29) is 5.91 Å². The molecule has 196 valence electrons. The summed E-state index contributed by atoms with van der Waals surface area (Å²) < 4.78 is 0. The van der Waals surface area contributed by atoms with Crippen LogP contribution < -0.4 is 15.1 Å². The fourth-order valence-electron chi connectivity index (χ4n) is 5.37. The number of hydrogen-bond acceptors (Lipinski definition) is 7. The van der Waals surface area contributed by atoms with Crippen molar-refractivity contribution in [1.82, 2.24) is 19.8 Å². The topological polar surface area (TPSA) is 67.8 Å². The molecule has 0 saturated carbocycles. The molecule has 1 aromatic carbocycles. The highest BCUT2D eigenvalue weighted by Gasteiger charge is 2.29. The second kappa shape index (κ2) is 11.3. The molecule has 1 N–H and O–H groups in total. The SMILES string of the molecule is C=CC(=O)N1CC(CCN2CC=Cc3cnc(Nc4ccc(N5CCN(C(C)CC)CC5)cc4)nc32)C1. The van der Waals surface area contributed by atoms with E-state index in [2.05, 4.69) is 81.8 Å². The Kier molecular flexibility index (Phi) is 7.74. The number of nitrogens with zero attached hydrogens (tertiary/aromatic N) is 6. The molecule has 2 saturated heterocycles. The van der Waals surface area contributed by atoms with E-state index in [1.165, 1.54) is 18.2 Å². The van der Waals surface area contributed by atoms with Gasteiger partial charge in [-0.05, 0) is 56.0 Å². The highest BCUT2D eigenvalue weighted by Crippen LogP contribution is 2.28. The van der Waals surface area contributed by atoms with Crippen LogP contribution in [-0.2, 0) is 4.79 Å². The first-order valence-electron chi connectivity index (χ1n) is 13.6. The maximum Gasteiger partial charge on any atom is 0.245 e. The molecule has 2 aromatic rings. The Labute approximate surface area is 220 Å². The second-order valence-electron chi connectivity index (χ2n) is 10.4. The minimum atomic E-state index is 0.0307. The van der Waals surface area contributed by atoms with E-state index >= 15 is 0 Å². The van der Waals surface area contributed by atoms with E-state index < -0.39 is 0 Å². The van der Waals surface area contributed by atoms with Crippen molar-refractivity contribution in [3.8, 4) is 0 Å². The molecule has 0 radical (unpaired) electrons. The summed E-state index contributed by atoms with van der Waals surface area (Å²) >= 11 is 0. The molecule has 1 unspecified atom stereocenters. The lowest BCUT2D eigenvalue weighted by Gasteiger charge is -2.40. The van der Waals surface area contributed by atoms with Gasteiger partial charge in [0.05, 0.1) is 0 Å². The first kappa shape index (κ1) is 25.3. The Hall–Kier alpha value is -3.39. The fourth-order valence-corrected chi connectivity index (χ4v) is 5.37. The molecule has 3 aliphatic heterocycles. The van der Waals surface area contributed by atoms with Gasteiger partial charge in [-0.2, -0.15) is 4.98 Å². The molecular weight excluding hydrogens is 462 g/mol. The quantitative estimate of drug-likeness (QED) is 0.521. The molecule has 3 aliphatic rings. The summed E-state index contributed by atoms with van der Waals surface area (Å²) in [6.45, 7) is 15.9. The maximum absolute atomic E-state index is 11.7. The van der Waals surface area contributed by atoms with E-state index in [1.54, 1.807) is 0 Å². The number of anilines is 4. The van der Waals surface area contributed by atoms with Gasteiger partial charge in [-0.15, -0.1) is 0 Å². The summed E-state index contributed by atoms with van der Waals surface area (Å²) in [5, 5.41) is 3.39. The Bertz CT molecular complexity index is 1120. The number of hydrogen-bond donors (Lipinski definition) is 1. The van der Waals surface area contributed by atoms with Crippen LogP contribution in [0.5, 0.6) is 0 Å². The number of piperazine rings is 1. The van der Waals surface area contributed by atoms with Crippen molar-refractivity contribution in [2.75, 3.05) is 67.5 Å². The van der Waals surface area contributed by atoms with Gasteiger partial charge in [-0.1, -0.05) is 25.7 Å². The number of benzene rings is 1. The van der Waals surface area contributed by atoms with Crippen LogP contribution in [0.3, 0.4) is 0 Å². The zero-order chi connectivity index (χ0) is 25.8. The average molecular weight is 502 g/mol. The van der Waals surface area contributed by atoms with Crippen LogP contribution in [0.1, 0.15) is 32.3 Å². The summed E-state index contributed by atoms with van der Waals surface area (Å²) in [7, 11) is 0. The van der Waals surface area contributed by atoms with Gasteiger partial charge < -0.3 is 20.0 Å². The van der Waals surface area contributed by atoms with Gasteiger partial charge in [0.25, 0.3) is 0 Å². The molecule has 0 bridgehead atoms. The smallest absolute Gasteiger partial charge is 0.245 e. The third-order valence-corrected chi connectivity index (χ3v) is 7.99. The number of carbonyl (C=O) groups is 1. The number of carbonyl (C=O) groups excluding carboxylic acids is 1. The maximum atomic E-state index is 11.7. The lowest BCUT2D eigenvalue weighted by molar-refractivity contribution is -0.132. The van der Waals surface area contributed by atoms with E-state index in [4.69, 9.17) is 4.98 Å². The Morgan fingerprint density at radius 3 is 2.65 bits per heavy atom. The zero-order valence-corrected chi connectivity index (χ0v) is 22.1. The summed E-state index contributed by atoms with van der Waals surface area (Å²) in [5.41, 5.74) is 3.29. The molecule has 2 fully saturated rings. The standard InChI is InChI=1S/C29H39N7O/c1-4-22(3)33-15-17-34(18-16-33)26-10-8-25(9-11-26)31-29-30-19-24-7-6-13-35(28(24)32-29)14-12-23-20-36(21-23)27(37)5-2/h5-11,19,22-23H,2,4,12-18,20-21H2,1,3H3,(H,30,31,32). The lowest BCUT2D eigenvalue weighted by Crippen LogP contribution is -2.50. The van der Waals surface area contributed by atoms with Gasteiger partial charge in [0.15, 0.2) is 0 Å². The van der Waals surface area contributed by atoms with Crippen molar-refractivity contribution in [2.24, 2.45) is 5.92 Å². The average Bonchev–Trinajstić information content (AvgIpc) is 2.92. The van der Waals surface area contributed by atoms with Gasteiger partial charge in [0.2, 0.25) is 11.9 Å². The van der Waals surface area contributed by atoms with Gasteiger partial charge in [-0.25, -0.2) is 4.98 Å². The van der Waals surface area contributed by atoms with Crippen LogP contribution in [0.4, 0.5) is 23.1 Å². The van der Waals surface area contributed by atoms with Crippen LogP contribution in [0.25, 0.3) is 6.08 Å². The largest absolute Gasteiger partial charge is 0.369 e. The van der Waals surface area contributed by atoms with Gasteiger partial charge in [0, 0.05) is 81.5 Å². The zero-order valence-electron chi connectivity index (χ0n) is 22.1. The molecule has 0 spiro atoms. The summed E-state index contributed by atoms with van der Waals surface area (Å²) in [4.78, 5) is 30.3. The lowest BCUT2D eigenvalue weighted by atomic mass is 9.95. The van der Waals surface area contributed by atoms with Gasteiger partial charge in [0.1, 0.15) is 5.82 Å². The molecule has 37 heavy (non-hydrogen) atoms. The molecule has 1 amide bonds. The predicted octanol–water partition coefficient (Wildman–Crippen LogP) is 4.01. The Morgan fingerprint density at radius 1 is 1.19 bits per heavy atom. The third kappa shape index (κ3) is 5.80. The predicted molar refractivity (Wildman–Crippen MR) is 151 cm³/mol. The molecule has 4 heterocycles. The van der Waals surface area contributed by atoms with Crippen molar-refractivity contribution >= 4 is 35.1 Å². The molecule has 8 heteroatoms. The van der Waals surface area contributed by atoms with Crippen LogP contribution in [0.15, 0.2) is 49.2 Å². The monoisotopic (exact) mass is 501 g/mol. The molecule has 0 aliphatic carbocycles. The van der Waals surface area contributed by atoms with Crippen LogP contribution in [0, 0.1) is 5.92 Å². The van der Waals surface area contributed by atoms with Crippen molar-refractivity contribution < 1.29 is 4.79 Å². The molecule has 1 atom stereocenters. The minimum absolute atomic E-state index is 0.0307. The van der Waals surface area contributed by atoms with Crippen molar-refractivity contribution in [1.29, 1.82) is 0 Å². The minimum Gasteiger partial charge on any atom is -0.369 e. The van der Waals surface area contributed by atoms with Crippen molar-refractivity contribution in [3.05, 3.63) is 54.8 Å². The number of aromatic nitrogens is 2. The van der Waals surface area contributed by atoms with Crippen molar-refractivity contribution in [3.63, 3.8) is 0 Å². The Morgan fingerprint density at radius 2 is 1.95 bits per heavy atom. The number of nitrogens with one attached hydrogen (secondary N) is 1. The second-order valence-corrected chi connectivity index (χ2v) is 10.4. The van der Waals surface area contributed by atoms with Gasteiger partial charge in [-0.3, -0.25) is 9.69 Å². The number of rotatable bonds is 9. The molecule has 1 aromatic heterocycles. The molecular formula is C29H39N7O. The number of amides is 1. The molecule has 8 nitrogen and oxygen atoms in total. The summed E-state index contributed by atoms with van der Waals surface area (Å²) in [5.74, 6) is 2.15. The van der Waals surface area contributed by atoms with Crippen LogP contribution in [0.2, 0.25) is 0 Å². The molecule has 5 rings (SSSR count). The first-order valence-corrected chi connectivity index (χ1v) is 13.6. The highest BCUT2D eigenvalue weighted by molar-refractivity contribution is 5.87. The van der Waals surface area contributed by atoms with E-state index in [0.29, 0.717) is 17.9 Å². The normalized spacial score (nSPS) is 18.8. The van der Waals surface area contributed by atoms with E-state index in [0.717, 1.165) is 75.8 Å². The van der Waals surface area contributed by atoms with Crippen LogP contribution in [-0.4, -0.2) is 84.1 Å². The third-order valence-electron chi connectivity index (χ3n) is 7.99. The van der Waals surface area contributed by atoms with Gasteiger partial charge >= 0.3 is 0 Å². The van der Waals surface area contributed by atoms with E-state index in [9.17, 15) is 4.79 Å². The first-order chi connectivity index (χ1) is 18.0. The summed E-state index contributed by atoms with van der Waals surface area (Å²) in [6, 6.07) is 9.27. The van der Waals surface area contributed by atoms with Crippen molar-refractivity contribution in [2.45, 2.75) is 32.7 Å². The van der Waals surface area contributed by atoms with Crippen LogP contribution >= 0.6 is 0 Å². The number of fused-ring (bicyclic) bond motifs is 1. The number of likely N-dealkylation sites (tertiary alicyclic amines) is 1. The fraction of sp³-hybridized carbons (Fsp3) is 0.483. The summed E-state index contributed by atoms with van der Waals surface area (Å²) in [6.07, 6.45) is 9.79. The Balaban J connectivity index is 1.17. The van der Waals surface area contributed by atoms with E-state index in [1.807, 2.05) is 11.1 Å².